The molecule has 1 aliphatic heterocycles. The Hall–Kier alpha value is -3.66. The second kappa shape index (κ2) is 14.8. The minimum atomic E-state index is -1.13. The number of alkyl carbamates (subject to hydrolysis) is 1. The molecule has 10 nitrogen and oxygen atoms in total. The van der Waals surface area contributed by atoms with E-state index in [1.165, 1.54) is 5.56 Å². The van der Waals surface area contributed by atoms with E-state index < -0.39 is 29.9 Å². The van der Waals surface area contributed by atoms with Gasteiger partial charge in [-0.05, 0) is 56.2 Å². The maximum absolute atomic E-state index is 12.7. The number of fused-ring (bicyclic) bond motifs is 1. The highest BCUT2D eigenvalue weighted by atomic mass is 16.6. The molecule has 0 aliphatic carbocycles. The van der Waals surface area contributed by atoms with E-state index in [0.29, 0.717) is 19.3 Å². The van der Waals surface area contributed by atoms with Gasteiger partial charge in [-0.2, -0.15) is 0 Å². The van der Waals surface area contributed by atoms with Gasteiger partial charge < -0.3 is 30.5 Å². The Morgan fingerprint density at radius 1 is 1.14 bits per heavy atom. The standard InChI is InChI=1S/C27H36N4O6/c1-2-36-26(34)23(31-27(35)37-18-19-8-4-3-5-9-19)16-29-25(33)21(17-32)10-6-12-22-14-13-20-11-7-15-28-24(20)30-22/h3-5,8-9,13-14,21,23,32H,2,6-7,10-12,15-18H2,1H3,(H,28,30)(H,29,33)(H,31,35)/t21?,23-/m0/s1. The van der Waals surface area contributed by atoms with Gasteiger partial charge in [0.25, 0.3) is 0 Å². The lowest BCUT2D eigenvalue weighted by atomic mass is 10.00. The zero-order valence-corrected chi connectivity index (χ0v) is 21.2. The topological polar surface area (TPSA) is 139 Å². The van der Waals surface area contributed by atoms with Crippen LogP contribution in [0.4, 0.5) is 10.6 Å². The number of aryl methyl sites for hydroxylation is 2. The van der Waals surface area contributed by atoms with Gasteiger partial charge in [0, 0.05) is 18.8 Å². The molecule has 0 bridgehead atoms. The monoisotopic (exact) mass is 512 g/mol. The fourth-order valence-corrected chi connectivity index (χ4v) is 4.03. The molecular weight excluding hydrogens is 476 g/mol. The van der Waals surface area contributed by atoms with Crippen molar-refractivity contribution in [1.82, 2.24) is 15.6 Å². The van der Waals surface area contributed by atoms with Crippen LogP contribution in [0.1, 0.15) is 43.0 Å². The fraction of sp³-hybridized carbons (Fsp3) is 0.481. The van der Waals surface area contributed by atoms with E-state index in [0.717, 1.165) is 36.5 Å². The third-order valence-electron chi connectivity index (χ3n) is 6.08. The smallest absolute Gasteiger partial charge is 0.408 e. The number of amides is 2. The molecule has 4 N–H and O–H groups in total. The van der Waals surface area contributed by atoms with Crippen molar-refractivity contribution >= 4 is 23.8 Å². The van der Waals surface area contributed by atoms with Crippen molar-refractivity contribution in [3.63, 3.8) is 0 Å². The molecule has 0 spiro atoms. The number of hydrogen-bond acceptors (Lipinski definition) is 8. The number of rotatable bonds is 13. The highest BCUT2D eigenvalue weighted by Crippen LogP contribution is 2.20. The summed E-state index contributed by atoms with van der Waals surface area (Å²) in [6.07, 6.45) is 3.11. The number of carbonyl (C=O) groups is 3. The predicted molar refractivity (Wildman–Crippen MR) is 138 cm³/mol. The summed E-state index contributed by atoms with van der Waals surface area (Å²) in [6.45, 7) is 2.21. The van der Waals surface area contributed by atoms with Gasteiger partial charge in [0.05, 0.1) is 19.1 Å². The van der Waals surface area contributed by atoms with Crippen LogP contribution in [0.15, 0.2) is 42.5 Å². The number of carbonyl (C=O) groups excluding carboxylic acids is 3. The van der Waals surface area contributed by atoms with E-state index >= 15 is 0 Å². The normalized spacial score (nSPS) is 13.9. The van der Waals surface area contributed by atoms with Crippen molar-refractivity contribution in [2.45, 2.75) is 51.7 Å². The molecule has 2 aromatic rings. The molecule has 3 rings (SSSR count). The van der Waals surface area contributed by atoms with Crippen molar-refractivity contribution in [3.05, 3.63) is 59.3 Å². The average Bonchev–Trinajstić information content (AvgIpc) is 2.92. The third-order valence-corrected chi connectivity index (χ3v) is 6.08. The highest BCUT2D eigenvalue weighted by Gasteiger charge is 2.25. The molecule has 200 valence electrons. The Bertz CT molecular complexity index is 1030. The van der Waals surface area contributed by atoms with Gasteiger partial charge in [0.15, 0.2) is 0 Å². The maximum atomic E-state index is 12.7. The molecule has 1 aliphatic rings. The first-order valence-electron chi connectivity index (χ1n) is 12.7. The molecule has 10 heteroatoms. The van der Waals surface area contributed by atoms with Crippen LogP contribution in [-0.4, -0.2) is 60.4 Å². The van der Waals surface area contributed by atoms with Crippen LogP contribution < -0.4 is 16.0 Å². The Kier molecular flexibility index (Phi) is 11.2. The van der Waals surface area contributed by atoms with Crippen molar-refractivity contribution in [1.29, 1.82) is 0 Å². The van der Waals surface area contributed by atoms with E-state index in [2.05, 4.69) is 27.0 Å². The lowest BCUT2D eigenvalue weighted by Crippen LogP contribution is -2.50. The summed E-state index contributed by atoms with van der Waals surface area (Å²) in [5, 5.41) is 18.2. The van der Waals surface area contributed by atoms with Crippen LogP contribution in [-0.2, 0) is 38.5 Å². The zero-order valence-electron chi connectivity index (χ0n) is 21.2. The molecule has 0 fully saturated rings. The molecule has 2 atom stereocenters. The number of ether oxygens (including phenoxy) is 2. The molecule has 1 aromatic heterocycles. The SMILES string of the molecule is CCOC(=O)[C@H](CNC(=O)C(CO)CCCc1ccc2c(n1)NCCC2)NC(=O)OCc1ccccc1. The van der Waals surface area contributed by atoms with Crippen LogP contribution in [0, 0.1) is 5.92 Å². The van der Waals surface area contributed by atoms with E-state index in [-0.39, 0.29) is 26.4 Å². The number of aliphatic hydroxyl groups is 1. The number of benzene rings is 1. The fourth-order valence-electron chi connectivity index (χ4n) is 4.03. The summed E-state index contributed by atoms with van der Waals surface area (Å²) in [5.41, 5.74) is 2.95. The summed E-state index contributed by atoms with van der Waals surface area (Å²) in [5.74, 6) is -0.813. The van der Waals surface area contributed by atoms with Crippen molar-refractivity contribution in [2.24, 2.45) is 5.92 Å². The maximum Gasteiger partial charge on any atom is 0.408 e. The number of pyridine rings is 1. The number of esters is 1. The number of nitrogens with zero attached hydrogens (tertiary/aromatic N) is 1. The summed E-state index contributed by atoms with van der Waals surface area (Å²) in [7, 11) is 0. The van der Waals surface area contributed by atoms with Gasteiger partial charge in [-0.25, -0.2) is 14.6 Å². The molecule has 37 heavy (non-hydrogen) atoms. The minimum absolute atomic E-state index is 0.0380. The molecule has 1 unspecified atom stereocenters. The number of aliphatic hydroxyl groups excluding tert-OH is 1. The lowest BCUT2D eigenvalue weighted by Gasteiger charge is -2.20. The van der Waals surface area contributed by atoms with Gasteiger partial charge in [-0.1, -0.05) is 36.4 Å². The molecular formula is C27H36N4O6. The highest BCUT2D eigenvalue weighted by molar-refractivity contribution is 5.83. The summed E-state index contributed by atoms with van der Waals surface area (Å²) < 4.78 is 10.2. The van der Waals surface area contributed by atoms with E-state index in [4.69, 9.17) is 9.47 Å². The average molecular weight is 513 g/mol. The first-order chi connectivity index (χ1) is 18.0. The minimum Gasteiger partial charge on any atom is -0.464 e. The summed E-state index contributed by atoms with van der Waals surface area (Å²) >= 11 is 0. The first-order valence-corrected chi connectivity index (χ1v) is 12.7. The van der Waals surface area contributed by atoms with E-state index in [9.17, 15) is 19.5 Å². The van der Waals surface area contributed by atoms with Gasteiger partial charge in [0.2, 0.25) is 5.91 Å². The van der Waals surface area contributed by atoms with Gasteiger partial charge in [-0.3, -0.25) is 4.79 Å². The molecule has 0 radical (unpaired) electrons. The number of nitrogens with one attached hydrogen (secondary N) is 3. The Labute approximate surface area is 217 Å². The number of anilines is 1. The summed E-state index contributed by atoms with van der Waals surface area (Å²) in [4.78, 5) is 41.9. The Morgan fingerprint density at radius 3 is 2.70 bits per heavy atom. The van der Waals surface area contributed by atoms with Crippen LogP contribution in [0.3, 0.4) is 0 Å². The van der Waals surface area contributed by atoms with Crippen LogP contribution in [0.5, 0.6) is 0 Å². The largest absolute Gasteiger partial charge is 0.464 e. The lowest BCUT2D eigenvalue weighted by molar-refractivity contribution is -0.145. The number of aromatic nitrogens is 1. The summed E-state index contributed by atoms with van der Waals surface area (Å²) in [6, 6.07) is 12.1. The zero-order chi connectivity index (χ0) is 26.5. The molecule has 1 aromatic carbocycles. The van der Waals surface area contributed by atoms with Gasteiger partial charge in [-0.15, -0.1) is 0 Å². The van der Waals surface area contributed by atoms with Gasteiger partial charge in [0.1, 0.15) is 18.5 Å². The second-order valence-corrected chi connectivity index (χ2v) is 8.87. The molecule has 2 heterocycles. The van der Waals surface area contributed by atoms with Crippen molar-refractivity contribution < 1.29 is 29.0 Å². The molecule has 0 saturated carbocycles. The molecule has 0 saturated heterocycles. The quantitative estimate of drug-likeness (QED) is 0.300. The first kappa shape index (κ1) is 27.9. The number of hydrogen-bond donors (Lipinski definition) is 4. The van der Waals surface area contributed by atoms with Crippen LogP contribution in [0.25, 0.3) is 0 Å². The van der Waals surface area contributed by atoms with Crippen molar-refractivity contribution in [2.75, 3.05) is 31.6 Å². The van der Waals surface area contributed by atoms with Crippen LogP contribution in [0.2, 0.25) is 0 Å². The Morgan fingerprint density at radius 2 is 1.95 bits per heavy atom. The third kappa shape index (κ3) is 9.05. The van der Waals surface area contributed by atoms with Crippen LogP contribution >= 0.6 is 0 Å². The van der Waals surface area contributed by atoms with Crippen molar-refractivity contribution in [3.8, 4) is 0 Å². The van der Waals surface area contributed by atoms with E-state index in [1.54, 1.807) is 6.92 Å². The molecule has 2 amide bonds. The predicted octanol–water partition coefficient (Wildman–Crippen LogP) is 2.35. The van der Waals surface area contributed by atoms with Gasteiger partial charge >= 0.3 is 12.1 Å². The second-order valence-electron chi connectivity index (χ2n) is 8.87. The van der Waals surface area contributed by atoms with E-state index in [1.807, 2.05) is 36.4 Å². The Balaban J connectivity index is 1.46.